The van der Waals surface area contributed by atoms with E-state index < -0.39 is 9.84 Å². The fourth-order valence-electron chi connectivity index (χ4n) is 1.35. The molecule has 1 aromatic heterocycles. The quantitative estimate of drug-likeness (QED) is 0.801. The van der Waals surface area contributed by atoms with Gasteiger partial charge in [-0.2, -0.15) is 4.98 Å². The summed E-state index contributed by atoms with van der Waals surface area (Å²) in [6.07, 6.45) is 4.88. The first kappa shape index (κ1) is 14.7. The fraction of sp³-hybridized carbons (Fsp3) is 0.636. The molecule has 0 bridgehead atoms. The van der Waals surface area contributed by atoms with Gasteiger partial charge in [0.1, 0.15) is 15.7 Å². The summed E-state index contributed by atoms with van der Waals surface area (Å²) in [6.45, 7) is 4.30. The molecule has 0 aliphatic rings. The van der Waals surface area contributed by atoms with Crippen LogP contribution in [0.5, 0.6) is 5.88 Å². The van der Waals surface area contributed by atoms with Crippen molar-refractivity contribution < 1.29 is 13.2 Å². The molecule has 0 saturated heterocycles. The van der Waals surface area contributed by atoms with Gasteiger partial charge in [-0.1, -0.05) is 0 Å². The van der Waals surface area contributed by atoms with Crippen LogP contribution in [-0.2, 0) is 9.84 Å². The Balaban J connectivity index is 2.53. The van der Waals surface area contributed by atoms with Crippen molar-refractivity contribution in [1.82, 2.24) is 9.97 Å². The van der Waals surface area contributed by atoms with E-state index >= 15 is 0 Å². The van der Waals surface area contributed by atoms with Crippen molar-refractivity contribution in [3.8, 4) is 5.88 Å². The average Bonchev–Trinajstić information content (AvgIpc) is 2.26. The Morgan fingerprint density at radius 1 is 1.44 bits per heavy atom. The highest BCUT2D eigenvalue weighted by Gasteiger charge is 2.09. The van der Waals surface area contributed by atoms with Gasteiger partial charge in [-0.05, 0) is 20.3 Å². The summed E-state index contributed by atoms with van der Waals surface area (Å²) in [4.78, 5) is 8.20. The molecule has 102 valence electrons. The maximum absolute atomic E-state index is 11.1. The van der Waals surface area contributed by atoms with Crippen LogP contribution in [0.15, 0.2) is 12.4 Å². The van der Waals surface area contributed by atoms with Crippen molar-refractivity contribution in [3.63, 3.8) is 0 Å². The van der Waals surface area contributed by atoms with Gasteiger partial charge in [0.05, 0.1) is 24.8 Å². The molecule has 0 amide bonds. The van der Waals surface area contributed by atoms with Crippen molar-refractivity contribution >= 4 is 15.7 Å². The molecule has 18 heavy (non-hydrogen) atoms. The Morgan fingerprint density at radius 2 is 2.17 bits per heavy atom. The van der Waals surface area contributed by atoms with Crippen LogP contribution in [0, 0.1) is 0 Å². The summed E-state index contributed by atoms with van der Waals surface area (Å²) in [5.74, 6) is 1.19. The van der Waals surface area contributed by atoms with Crippen LogP contribution in [0.3, 0.4) is 0 Å². The van der Waals surface area contributed by atoms with Crippen LogP contribution < -0.4 is 10.1 Å². The summed E-state index contributed by atoms with van der Waals surface area (Å²) in [5.41, 5.74) is 0. The number of rotatable bonds is 7. The highest BCUT2D eigenvalue weighted by Crippen LogP contribution is 2.11. The first-order valence-electron chi connectivity index (χ1n) is 5.80. The number of nitrogens with one attached hydrogen (secondary N) is 1. The maximum Gasteiger partial charge on any atom is 0.234 e. The summed E-state index contributed by atoms with van der Waals surface area (Å²) in [5, 5.41) is 3.10. The second-order valence-corrected chi connectivity index (χ2v) is 6.40. The molecule has 1 atom stereocenters. The van der Waals surface area contributed by atoms with Gasteiger partial charge in [0, 0.05) is 12.3 Å². The second kappa shape index (κ2) is 6.53. The third-order valence-corrected chi connectivity index (χ3v) is 3.20. The van der Waals surface area contributed by atoms with Crippen LogP contribution in [0.25, 0.3) is 0 Å². The van der Waals surface area contributed by atoms with Gasteiger partial charge in [-0.25, -0.2) is 8.42 Å². The summed E-state index contributed by atoms with van der Waals surface area (Å²) < 4.78 is 27.3. The Bertz CT molecular complexity index is 476. The fourth-order valence-corrected chi connectivity index (χ4v) is 2.13. The van der Waals surface area contributed by atoms with Gasteiger partial charge in [0.2, 0.25) is 5.88 Å². The molecule has 1 aromatic rings. The zero-order chi connectivity index (χ0) is 13.6. The van der Waals surface area contributed by atoms with Crippen molar-refractivity contribution in [2.75, 3.05) is 23.9 Å². The summed E-state index contributed by atoms with van der Waals surface area (Å²) in [7, 11) is -2.93. The smallest absolute Gasteiger partial charge is 0.234 e. The molecule has 0 saturated carbocycles. The molecule has 0 spiro atoms. The topological polar surface area (TPSA) is 81.2 Å². The summed E-state index contributed by atoms with van der Waals surface area (Å²) in [6, 6.07) is 0.00546. The number of sulfone groups is 1. The molecule has 7 heteroatoms. The Labute approximate surface area is 108 Å². The molecule has 1 heterocycles. The first-order chi connectivity index (χ1) is 8.40. The molecule has 1 N–H and O–H groups in total. The van der Waals surface area contributed by atoms with Crippen molar-refractivity contribution in [2.24, 2.45) is 0 Å². The molecule has 0 aliphatic heterocycles. The van der Waals surface area contributed by atoms with Crippen LogP contribution in [0.2, 0.25) is 0 Å². The van der Waals surface area contributed by atoms with E-state index in [0.29, 0.717) is 24.7 Å². The molecule has 0 radical (unpaired) electrons. The van der Waals surface area contributed by atoms with Crippen molar-refractivity contribution in [3.05, 3.63) is 12.4 Å². The molecule has 0 aromatic carbocycles. The van der Waals surface area contributed by atoms with E-state index in [0.717, 1.165) is 0 Å². The van der Waals surface area contributed by atoms with Crippen LogP contribution in [0.1, 0.15) is 20.3 Å². The average molecular weight is 273 g/mol. The van der Waals surface area contributed by atoms with E-state index in [2.05, 4.69) is 15.3 Å². The normalized spacial score (nSPS) is 13.1. The Morgan fingerprint density at radius 3 is 2.78 bits per heavy atom. The predicted molar refractivity (Wildman–Crippen MR) is 70.6 cm³/mol. The summed E-state index contributed by atoms with van der Waals surface area (Å²) >= 11 is 0. The number of hydrogen-bond donors (Lipinski definition) is 1. The molecule has 0 aliphatic carbocycles. The largest absolute Gasteiger partial charge is 0.477 e. The van der Waals surface area contributed by atoms with E-state index in [1.54, 1.807) is 6.20 Å². The van der Waals surface area contributed by atoms with Gasteiger partial charge in [-0.3, -0.25) is 4.98 Å². The maximum atomic E-state index is 11.1. The highest BCUT2D eigenvalue weighted by atomic mass is 32.2. The SMILES string of the molecule is CCOc1cncc(NC(C)CCS(C)(=O)=O)n1. The second-order valence-electron chi connectivity index (χ2n) is 4.14. The Kier molecular flexibility index (Phi) is 5.33. The highest BCUT2D eigenvalue weighted by molar-refractivity contribution is 7.90. The van der Waals surface area contributed by atoms with Crippen molar-refractivity contribution in [2.45, 2.75) is 26.3 Å². The predicted octanol–water partition coefficient (Wildman–Crippen LogP) is 1.11. The third-order valence-electron chi connectivity index (χ3n) is 2.22. The van der Waals surface area contributed by atoms with Crippen LogP contribution in [0.4, 0.5) is 5.82 Å². The van der Waals surface area contributed by atoms with Gasteiger partial charge in [0.25, 0.3) is 0 Å². The van der Waals surface area contributed by atoms with Gasteiger partial charge in [-0.15, -0.1) is 0 Å². The van der Waals surface area contributed by atoms with E-state index in [4.69, 9.17) is 4.74 Å². The van der Waals surface area contributed by atoms with E-state index in [1.807, 2.05) is 13.8 Å². The molecule has 6 nitrogen and oxygen atoms in total. The number of ether oxygens (including phenoxy) is 1. The number of anilines is 1. The van der Waals surface area contributed by atoms with Gasteiger partial charge in [0.15, 0.2) is 0 Å². The standard InChI is InChI=1S/C11H19N3O3S/c1-4-17-11-8-12-7-10(14-11)13-9(2)5-6-18(3,15)16/h7-9H,4-6H2,1-3H3,(H,13,14). The molecule has 0 fully saturated rings. The molecule has 1 rings (SSSR count). The molecular weight excluding hydrogens is 254 g/mol. The van der Waals surface area contributed by atoms with Crippen LogP contribution in [-0.4, -0.2) is 43.0 Å². The monoisotopic (exact) mass is 273 g/mol. The molecular formula is C11H19N3O3S. The first-order valence-corrected chi connectivity index (χ1v) is 7.86. The molecule has 1 unspecified atom stereocenters. The van der Waals surface area contributed by atoms with Crippen molar-refractivity contribution in [1.29, 1.82) is 0 Å². The Hall–Kier alpha value is -1.37. The van der Waals surface area contributed by atoms with Gasteiger partial charge >= 0.3 is 0 Å². The third kappa shape index (κ3) is 5.81. The van der Waals surface area contributed by atoms with E-state index in [9.17, 15) is 8.42 Å². The van der Waals surface area contributed by atoms with E-state index in [-0.39, 0.29) is 11.8 Å². The number of nitrogens with zero attached hydrogens (tertiary/aromatic N) is 2. The lowest BCUT2D eigenvalue weighted by Crippen LogP contribution is -2.20. The lowest BCUT2D eigenvalue weighted by Gasteiger charge is -2.14. The number of hydrogen-bond acceptors (Lipinski definition) is 6. The minimum atomic E-state index is -2.93. The zero-order valence-corrected chi connectivity index (χ0v) is 11.7. The zero-order valence-electron chi connectivity index (χ0n) is 10.9. The number of aromatic nitrogens is 2. The van der Waals surface area contributed by atoms with Crippen LogP contribution >= 0.6 is 0 Å². The minimum absolute atomic E-state index is 0.00546. The van der Waals surface area contributed by atoms with E-state index in [1.165, 1.54) is 12.5 Å². The van der Waals surface area contributed by atoms with Gasteiger partial charge < -0.3 is 10.1 Å². The lowest BCUT2D eigenvalue weighted by atomic mass is 10.2. The lowest BCUT2D eigenvalue weighted by molar-refractivity contribution is 0.325. The minimum Gasteiger partial charge on any atom is -0.477 e.